The summed E-state index contributed by atoms with van der Waals surface area (Å²) >= 11 is 5.57. The van der Waals surface area contributed by atoms with Crippen molar-refractivity contribution >= 4 is 17.3 Å². The standard InChI is InChI=1S/C19H29N3O2S/c1-3-9-20-19(25)22(11-4-10-21-12-14-24-15-13-21)16-17-5-7-18(23-2)8-6-17/h3,5-8H,1,4,9-16H2,2H3,(H,20,25). The number of nitrogens with one attached hydrogen (secondary N) is 1. The van der Waals surface area contributed by atoms with Crippen LogP contribution in [0.5, 0.6) is 5.75 Å². The van der Waals surface area contributed by atoms with Crippen molar-refractivity contribution in [2.75, 3.05) is 53.0 Å². The van der Waals surface area contributed by atoms with Gasteiger partial charge in [0.2, 0.25) is 0 Å². The Labute approximate surface area is 156 Å². The molecule has 0 aliphatic carbocycles. The molecule has 1 N–H and O–H groups in total. The third kappa shape index (κ3) is 7.02. The molecule has 2 rings (SSSR count). The minimum absolute atomic E-state index is 0.682. The minimum Gasteiger partial charge on any atom is -0.497 e. The number of rotatable bonds is 9. The topological polar surface area (TPSA) is 37.0 Å². The maximum absolute atomic E-state index is 5.57. The largest absolute Gasteiger partial charge is 0.497 e. The van der Waals surface area contributed by atoms with Gasteiger partial charge in [-0.1, -0.05) is 18.2 Å². The Morgan fingerprint density at radius 2 is 2.08 bits per heavy atom. The number of nitrogens with zero attached hydrogens (tertiary/aromatic N) is 2. The van der Waals surface area contributed by atoms with Gasteiger partial charge in [-0.2, -0.15) is 0 Å². The summed E-state index contributed by atoms with van der Waals surface area (Å²) in [5.74, 6) is 0.870. The fraction of sp³-hybridized carbons (Fsp3) is 0.526. The van der Waals surface area contributed by atoms with Crippen LogP contribution >= 0.6 is 12.2 Å². The van der Waals surface area contributed by atoms with E-state index >= 15 is 0 Å². The molecule has 25 heavy (non-hydrogen) atoms. The van der Waals surface area contributed by atoms with Crippen molar-refractivity contribution in [3.63, 3.8) is 0 Å². The Kier molecular flexibility index (Phi) is 8.72. The zero-order valence-electron chi connectivity index (χ0n) is 15.1. The van der Waals surface area contributed by atoms with Gasteiger partial charge in [-0.25, -0.2) is 0 Å². The van der Waals surface area contributed by atoms with Crippen molar-refractivity contribution in [2.24, 2.45) is 0 Å². The fourth-order valence-corrected chi connectivity index (χ4v) is 3.02. The average molecular weight is 364 g/mol. The van der Waals surface area contributed by atoms with Crippen LogP contribution in [-0.4, -0.2) is 68.0 Å². The lowest BCUT2D eigenvalue weighted by atomic mass is 10.2. The zero-order valence-corrected chi connectivity index (χ0v) is 15.9. The van der Waals surface area contributed by atoms with Gasteiger partial charge in [0.15, 0.2) is 5.11 Å². The summed E-state index contributed by atoms with van der Waals surface area (Å²) in [7, 11) is 1.68. The van der Waals surface area contributed by atoms with E-state index in [-0.39, 0.29) is 0 Å². The molecule has 1 heterocycles. The molecule has 0 bridgehead atoms. The molecule has 0 spiro atoms. The highest BCUT2D eigenvalue weighted by atomic mass is 32.1. The highest BCUT2D eigenvalue weighted by molar-refractivity contribution is 7.80. The monoisotopic (exact) mass is 363 g/mol. The molecule has 0 radical (unpaired) electrons. The Morgan fingerprint density at radius 3 is 2.72 bits per heavy atom. The summed E-state index contributed by atoms with van der Waals surface area (Å²) in [5, 5.41) is 4.02. The molecule has 5 nitrogen and oxygen atoms in total. The van der Waals surface area contributed by atoms with E-state index in [1.54, 1.807) is 7.11 Å². The molecule has 138 valence electrons. The number of morpholine rings is 1. The predicted octanol–water partition coefficient (Wildman–Crippen LogP) is 2.28. The van der Waals surface area contributed by atoms with E-state index in [2.05, 4.69) is 33.8 Å². The van der Waals surface area contributed by atoms with Crippen LogP contribution < -0.4 is 10.1 Å². The quantitative estimate of drug-likeness (QED) is 0.536. The second-order valence-electron chi connectivity index (χ2n) is 6.05. The van der Waals surface area contributed by atoms with Gasteiger partial charge in [-0.15, -0.1) is 6.58 Å². The first-order valence-electron chi connectivity index (χ1n) is 8.79. The van der Waals surface area contributed by atoms with Crippen molar-refractivity contribution in [3.8, 4) is 5.75 Å². The number of hydrogen-bond donors (Lipinski definition) is 1. The van der Waals surface area contributed by atoms with E-state index in [0.29, 0.717) is 6.54 Å². The molecule has 1 saturated heterocycles. The molecule has 0 unspecified atom stereocenters. The summed E-state index contributed by atoms with van der Waals surface area (Å²) < 4.78 is 10.6. The lowest BCUT2D eigenvalue weighted by molar-refractivity contribution is 0.0367. The Morgan fingerprint density at radius 1 is 1.36 bits per heavy atom. The van der Waals surface area contributed by atoms with Gasteiger partial charge in [0.05, 0.1) is 20.3 Å². The molecule has 1 aliphatic heterocycles. The second-order valence-corrected chi connectivity index (χ2v) is 6.44. The first kappa shape index (κ1) is 19.7. The highest BCUT2D eigenvalue weighted by Crippen LogP contribution is 2.13. The first-order valence-corrected chi connectivity index (χ1v) is 9.20. The van der Waals surface area contributed by atoms with Crippen molar-refractivity contribution in [1.29, 1.82) is 0 Å². The van der Waals surface area contributed by atoms with Crippen molar-refractivity contribution in [2.45, 2.75) is 13.0 Å². The summed E-state index contributed by atoms with van der Waals surface area (Å²) in [4.78, 5) is 4.68. The van der Waals surface area contributed by atoms with Crippen LogP contribution in [0.15, 0.2) is 36.9 Å². The smallest absolute Gasteiger partial charge is 0.169 e. The lowest BCUT2D eigenvalue weighted by Crippen LogP contribution is -2.42. The van der Waals surface area contributed by atoms with Crippen LogP contribution in [0.3, 0.4) is 0 Å². The van der Waals surface area contributed by atoms with Crippen LogP contribution in [0.2, 0.25) is 0 Å². The molecule has 0 amide bonds. The van der Waals surface area contributed by atoms with Gasteiger partial charge in [0, 0.05) is 39.3 Å². The van der Waals surface area contributed by atoms with Crippen molar-refractivity contribution < 1.29 is 9.47 Å². The highest BCUT2D eigenvalue weighted by Gasteiger charge is 2.13. The fourth-order valence-electron chi connectivity index (χ4n) is 2.78. The van der Waals surface area contributed by atoms with E-state index in [4.69, 9.17) is 21.7 Å². The van der Waals surface area contributed by atoms with E-state index in [1.807, 2.05) is 18.2 Å². The molecular weight excluding hydrogens is 334 g/mol. The Bertz CT molecular complexity index is 530. The molecule has 1 aliphatic rings. The molecule has 1 fully saturated rings. The van der Waals surface area contributed by atoms with E-state index in [0.717, 1.165) is 63.2 Å². The van der Waals surface area contributed by atoms with Crippen LogP contribution in [0.1, 0.15) is 12.0 Å². The lowest BCUT2D eigenvalue weighted by Gasteiger charge is -2.29. The Balaban J connectivity index is 1.88. The SMILES string of the molecule is C=CCNC(=S)N(CCCN1CCOCC1)Cc1ccc(OC)cc1. The van der Waals surface area contributed by atoms with E-state index < -0.39 is 0 Å². The van der Waals surface area contributed by atoms with Crippen molar-refractivity contribution in [3.05, 3.63) is 42.5 Å². The number of ether oxygens (including phenoxy) is 2. The van der Waals surface area contributed by atoms with Gasteiger partial charge in [-0.05, 0) is 36.3 Å². The molecule has 0 aromatic heterocycles. The maximum Gasteiger partial charge on any atom is 0.169 e. The zero-order chi connectivity index (χ0) is 17.9. The van der Waals surface area contributed by atoms with Crippen LogP contribution in [0.4, 0.5) is 0 Å². The van der Waals surface area contributed by atoms with Gasteiger partial charge < -0.3 is 19.7 Å². The normalized spacial score (nSPS) is 14.8. The summed E-state index contributed by atoms with van der Waals surface area (Å²) in [6.07, 6.45) is 2.90. The maximum atomic E-state index is 5.57. The molecule has 1 aromatic rings. The Hall–Kier alpha value is -1.63. The van der Waals surface area contributed by atoms with E-state index in [1.165, 1.54) is 5.56 Å². The van der Waals surface area contributed by atoms with Gasteiger partial charge in [-0.3, -0.25) is 4.90 Å². The molecule has 1 aromatic carbocycles. The summed E-state index contributed by atoms with van der Waals surface area (Å²) in [6, 6.07) is 8.15. The molecule has 6 heteroatoms. The number of methoxy groups -OCH3 is 1. The molecule has 0 saturated carbocycles. The third-order valence-corrected chi connectivity index (χ3v) is 4.63. The summed E-state index contributed by atoms with van der Waals surface area (Å²) in [5.41, 5.74) is 1.22. The van der Waals surface area contributed by atoms with E-state index in [9.17, 15) is 0 Å². The van der Waals surface area contributed by atoms with Crippen LogP contribution in [-0.2, 0) is 11.3 Å². The number of hydrogen-bond acceptors (Lipinski definition) is 4. The molecule has 0 atom stereocenters. The number of thiocarbonyl (C=S) groups is 1. The minimum atomic E-state index is 0.682. The number of benzene rings is 1. The van der Waals surface area contributed by atoms with Crippen LogP contribution in [0, 0.1) is 0 Å². The van der Waals surface area contributed by atoms with Crippen molar-refractivity contribution in [1.82, 2.24) is 15.1 Å². The second kappa shape index (κ2) is 11.1. The third-order valence-electron chi connectivity index (χ3n) is 4.22. The average Bonchev–Trinajstić information content (AvgIpc) is 2.66. The first-order chi connectivity index (χ1) is 12.2. The predicted molar refractivity (Wildman–Crippen MR) is 106 cm³/mol. The summed E-state index contributed by atoms with van der Waals surface area (Å²) in [6.45, 7) is 10.9. The van der Waals surface area contributed by atoms with Gasteiger partial charge in [0.1, 0.15) is 5.75 Å². The van der Waals surface area contributed by atoms with Crippen LogP contribution in [0.25, 0.3) is 0 Å². The van der Waals surface area contributed by atoms with Gasteiger partial charge >= 0.3 is 0 Å². The molecular formula is C19H29N3O2S. The van der Waals surface area contributed by atoms with Gasteiger partial charge in [0.25, 0.3) is 0 Å².